The second kappa shape index (κ2) is 9.07. The number of nitrogens with one attached hydrogen (secondary N) is 1. The minimum Gasteiger partial charge on any atom is -0.457 e. The first kappa shape index (κ1) is 18.0. The predicted molar refractivity (Wildman–Crippen MR) is 105 cm³/mol. The maximum atomic E-state index is 12.1. The van der Waals surface area contributed by atoms with Crippen LogP contribution in [0.2, 0.25) is 5.02 Å². The van der Waals surface area contributed by atoms with Crippen molar-refractivity contribution >= 4 is 17.5 Å². The molecule has 0 saturated heterocycles. The first-order valence-electron chi connectivity index (χ1n) is 8.52. The Bertz CT molecular complexity index is 830. The molecule has 3 nitrogen and oxygen atoms in total. The molecule has 3 aromatic rings. The van der Waals surface area contributed by atoms with E-state index in [2.05, 4.69) is 5.32 Å². The summed E-state index contributed by atoms with van der Waals surface area (Å²) in [6.45, 7) is 0.607. The number of hydrogen-bond donors (Lipinski definition) is 1. The number of para-hydroxylation sites is 1. The third-order valence-corrected chi connectivity index (χ3v) is 4.17. The largest absolute Gasteiger partial charge is 0.457 e. The van der Waals surface area contributed by atoms with Gasteiger partial charge < -0.3 is 10.1 Å². The van der Waals surface area contributed by atoms with E-state index in [-0.39, 0.29) is 5.91 Å². The quantitative estimate of drug-likeness (QED) is 0.637. The molecule has 0 heterocycles. The second-order valence-electron chi connectivity index (χ2n) is 5.96. The molecule has 0 aliphatic carbocycles. The lowest BCUT2D eigenvalue weighted by Gasteiger charge is -2.08. The number of carbonyl (C=O) groups is 1. The highest BCUT2D eigenvalue weighted by molar-refractivity contribution is 6.30. The summed E-state index contributed by atoms with van der Waals surface area (Å²) < 4.78 is 5.75. The van der Waals surface area contributed by atoms with Gasteiger partial charge in [-0.05, 0) is 53.9 Å². The van der Waals surface area contributed by atoms with Crippen LogP contribution in [0, 0.1) is 0 Å². The minimum absolute atomic E-state index is 0.00990. The highest BCUT2D eigenvalue weighted by Crippen LogP contribution is 2.21. The molecule has 0 saturated carbocycles. The third kappa shape index (κ3) is 5.64. The zero-order chi connectivity index (χ0) is 18.2. The van der Waals surface area contributed by atoms with Crippen LogP contribution < -0.4 is 10.1 Å². The van der Waals surface area contributed by atoms with Gasteiger partial charge in [-0.1, -0.05) is 54.1 Å². The van der Waals surface area contributed by atoms with Crippen molar-refractivity contribution < 1.29 is 9.53 Å². The number of hydrogen-bond acceptors (Lipinski definition) is 2. The summed E-state index contributed by atoms with van der Waals surface area (Å²) in [5, 5.41) is 3.67. The molecule has 0 bridgehead atoms. The van der Waals surface area contributed by atoms with E-state index >= 15 is 0 Å². The van der Waals surface area contributed by atoms with Crippen LogP contribution in [0.3, 0.4) is 0 Å². The van der Waals surface area contributed by atoms with E-state index in [4.69, 9.17) is 16.3 Å². The van der Waals surface area contributed by atoms with Gasteiger partial charge in [-0.2, -0.15) is 0 Å². The van der Waals surface area contributed by atoms with Crippen molar-refractivity contribution in [2.45, 2.75) is 12.8 Å². The summed E-state index contributed by atoms with van der Waals surface area (Å²) in [4.78, 5) is 12.1. The van der Waals surface area contributed by atoms with Gasteiger partial charge in [0.1, 0.15) is 11.5 Å². The van der Waals surface area contributed by atoms with Crippen molar-refractivity contribution in [3.63, 3.8) is 0 Å². The first-order chi connectivity index (χ1) is 12.7. The zero-order valence-electron chi connectivity index (χ0n) is 14.3. The van der Waals surface area contributed by atoms with Crippen LogP contribution in [0.25, 0.3) is 0 Å². The number of benzene rings is 3. The van der Waals surface area contributed by atoms with Crippen molar-refractivity contribution in [1.29, 1.82) is 0 Å². The van der Waals surface area contributed by atoms with Gasteiger partial charge in [-0.25, -0.2) is 0 Å². The Morgan fingerprint density at radius 1 is 0.808 bits per heavy atom. The lowest BCUT2D eigenvalue weighted by Crippen LogP contribution is -2.27. The molecule has 132 valence electrons. The average molecular weight is 366 g/mol. The molecule has 1 amide bonds. The fourth-order valence-electron chi connectivity index (χ4n) is 2.55. The van der Waals surface area contributed by atoms with Crippen LogP contribution in [0.15, 0.2) is 78.9 Å². The van der Waals surface area contributed by atoms with Gasteiger partial charge in [0.2, 0.25) is 5.91 Å². The number of carbonyl (C=O) groups excluding carboxylic acids is 1. The maximum Gasteiger partial charge on any atom is 0.224 e. The van der Waals surface area contributed by atoms with Gasteiger partial charge in [-0.3, -0.25) is 4.79 Å². The number of halogens is 1. The lowest BCUT2D eigenvalue weighted by atomic mass is 10.1. The zero-order valence-corrected chi connectivity index (χ0v) is 15.1. The number of amides is 1. The third-order valence-electron chi connectivity index (χ3n) is 3.92. The molecule has 1 N–H and O–H groups in total. The molecule has 26 heavy (non-hydrogen) atoms. The fourth-order valence-corrected chi connectivity index (χ4v) is 2.67. The fraction of sp³-hybridized carbons (Fsp3) is 0.136. The van der Waals surface area contributed by atoms with Crippen molar-refractivity contribution in [3.05, 3.63) is 95.0 Å². The Morgan fingerprint density at radius 2 is 1.42 bits per heavy atom. The molecule has 4 heteroatoms. The smallest absolute Gasteiger partial charge is 0.224 e. The van der Waals surface area contributed by atoms with E-state index in [9.17, 15) is 4.79 Å². The molecular weight excluding hydrogens is 346 g/mol. The Hall–Kier alpha value is -2.78. The number of rotatable bonds is 7. The highest BCUT2D eigenvalue weighted by atomic mass is 35.5. The molecule has 0 atom stereocenters. The minimum atomic E-state index is 0.00990. The lowest BCUT2D eigenvalue weighted by molar-refractivity contribution is -0.120. The standard InChI is InChI=1S/C22H20ClNO2/c23-19-10-6-17(7-11-19)14-15-24-22(25)16-18-8-12-21(13-9-18)26-20-4-2-1-3-5-20/h1-13H,14-16H2,(H,24,25). The molecule has 3 aromatic carbocycles. The molecule has 0 aromatic heterocycles. The van der Waals surface area contributed by atoms with Crippen LogP contribution in [0.4, 0.5) is 0 Å². The summed E-state index contributed by atoms with van der Waals surface area (Å²) in [5.41, 5.74) is 2.10. The second-order valence-corrected chi connectivity index (χ2v) is 6.40. The van der Waals surface area contributed by atoms with Crippen LogP contribution in [0.5, 0.6) is 11.5 Å². The average Bonchev–Trinajstić information content (AvgIpc) is 2.66. The molecule has 3 rings (SSSR count). The summed E-state index contributed by atoms with van der Waals surface area (Å²) >= 11 is 5.86. The van der Waals surface area contributed by atoms with Crippen molar-refractivity contribution in [1.82, 2.24) is 5.32 Å². The molecule has 0 spiro atoms. The molecule has 0 aliphatic heterocycles. The SMILES string of the molecule is O=C(Cc1ccc(Oc2ccccc2)cc1)NCCc1ccc(Cl)cc1. The molecule has 0 radical (unpaired) electrons. The topological polar surface area (TPSA) is 38.3 Å². The monoisotopic (exact) mass is 365 g/mol. The Balaban J connectivity index is 1.44. The van der Waals surface area contributed by atoms with Crippen LogP contribution in [0.1, 0.15) is 11.1 Å². The van der Waals surface area contributed by atoms with Crippen molar-refractivity contribution in [2.75, 3.05) is 6.54 Å². The Kier molecular flexibility index (Phi) is 6.29. The van der Waals surface area contributed by atoms with Crippen LogP contribution in [-0.2, 0) is 17.6 Å². The van der Waals surface area contributed by atoms with E-state index in [0.29, 0.717) is 13.0 Å². The molecule has 0 unspecified atom stereocenters. The van der Waals surface area contributed by atoms with Gasteiger partial charge in [-0.15, -0.1) is 0 Å². The summed E-state index contributed by atoms with van der Waals surface area (Å²) in [6, 6.07) is 24.9. The van der Waals surface area contributed by atoms with Gasteiger partial charge >= 0.3 is 0 Å². The van der Waals surface area contributed by atoms with E-state index in [1.165, 1.54) is 0 Å². The van der Waals surface area contributed by atoms with E-state index in [0.717, 1.165) is 34.1 Å². The van der Waals surface area contributed by atoms with E-state index in [1.807, 2.05) is 78.9 Å². The van der Waals surface area contributed by atoms with Gasteiger partial charge in [0.05, 0.1) is 6.42 Å². The molecule has 0 aliphatic rings. The van der Waals surface area contributed by atoms with E-state index < -0.39 is 0 Å². The number of ether oxygens (including phenoxy) is 1. The summed E-state index contributed by atoms with van der Waals surface area (Å²) in [5.74, 6) is 1.55. The van der Waals surface area contributed by atoms with Gasteiger partial charge in [0, 0.05) is 11.6 Å². The summed E-state index contributed by atoms with van der Waals surface area (Å²) in [6.07, 6.45) is 1.14. The molecule has 0 fully saturated rings. The highest BCUT2D eigenvalue weighted by Gasteiger charge is 2.04. The van der Waals surface area contributed by atoms with E-state index in [1.54, 1.807) is 0 Å². The first-order valence-corrected chi connectivity index (χ1v) is 8.90. The van der Waals surface area contributed by atoms with Crippen LogP contribution in [-0.4, -0.2) is 12.5 Å². The maximum absolute atomic E-state index is 12.1. The normalized spacial score (nSPS) is 10.3. The van der Waals surface area contributed by atoms with Crippen LogP contribution >= 0.6 is 11.6 Å². The van der Waals surface area contributed by atoms with Crippen molar-refractivity contribution in [3.8, 4) is 11.5 Å². The van der Waals surface area contributed by atoms with Gasteiger partial charge in [0.15, 0.2) is 0 Å². The predicted octanol–water partition coefficient (Wildman–Crippen LogP) is 5.03. The summed E-state index contributed by atoms with van der Waals surface area (Å²) in [7, 11) is 0. The molecular formula is C22H20ClNO2. The van der Waals surface area contributed by atoms with Crippen molar-refractivity contribution in [2.24, 2.45) is 0 Å². The van der Waals surface area contributed by atoms with Gasteiger partial charge in [0.25, 0.3) is 0 Å². The Morgan fingerprint density at radius 3 is 2.12 bits per heavy atom. The Labute approximate surface area is 158 Å².